The normalized spacial score (nSPS) is 26.2. The molecule has 3 nitrogen and oxygen atoms in total. The van der Waals surface area contributed by atoms with Gasteiger partial charge >= 0.3 is 0 Å². The number of aliphatic hydroxyl groups is 1. The summed E-state index contributed by atoms with van der Waals surface area (Å²) in [5.74, 6) is 0.675. The van der Waals surface area contributed by atoms with E-state index in [1.54, 1.807) is 0 Å². The highest BCUT2D eigenvalue weighted by molar-refractivity contribution is 4.85. The minimum atomic E-state index is 0.282. The molecule has 0 heterocycles. The van der Waals surface area contributed by atoms with Crippen molar-refractivity contribution in [1.82, 2.24) is 5.32 Å². The van der Waals surface area contributed by atoms with E-state index in [9.17, 15) is 0 Å². The van der Waals surface area contributed by atoms with E-state index in [1.165, 1.54) is 19.3 Å². The van der Waals surface area contributed by atoms with E-state index in [2.05, 4.69) is 19.2 Å². The maximum absolute atomic E-state index is 8.85. The molecule has 16 heavy (non-hydrogen) atoms. The van der Waals surface area contributed by atoms with Gasteiger partial charge in [0.1, 0.15) is 0 Å². The van der Waals surface area contributed by atoms with Crippen LogP contribution in [0.1, 0.15) is 46.0 Å². The lowest BCUT2D eigenvalue weighted by molar-refractivity contribution is 0.227. The Kier molecular flexibility index (Phi) is 5.73. The van der Waals surface area contributed by atoms with Crippen LogP contribution in [-0.4, -0.2) is 30.8 Å². The van der Waals surface area contributed by atoms with Crippen molar-refractivity contribution >= 4 is 0 Å². The molecule has 0 amide bonds. The predicted octanol–water partition coefficient (Wildman–Crippen LogP) is 1.50. The van der Waals surface area contributed by atoms with E-state index >= 15 is 0 Å². The van der Waals surface area contributed by atoms with Gasteiger partial charge in [-0.25, -0.2) is 0 Å². The summed E-state index contributed by atoms with van der Waals surface area (Å²) in [5, 5.41) is 12.5. The lowest BCUT2D eigenvalue weighted by Crippen LogP contribution is -2.41. The molecule has 1 aliphatic rings. The summed E-state index contributed by atoms with van der Waals surface area (Å²) in [4.78, 5) is 0. The Morgan fingerprint density at radius 3 is 2.75 bits per heavy atom. The van der Waals surface area contributed by atoms with Crippen molar-refractivity contribution in [2.45, 2.75) is 52.0 Å². The molecule has 0 aromatic rings. The Bertz CT molecular complexity index is 194. The zero-order chi connectivity index (χ0) is 12.0. The first-order valence-electron chi connectivity index (χ1n) is 6.63. The Morgan fingerprint density at radius 1 is 1.38 bits per heavy atom. The monoisotopic (exact) mass is 228 g/mol. The molecule has 2 atom stereocenters. The van der Waals surface area contributed by atoms with Crippen molar-refractivity contribution in [2.75, 3.05) is 19.7 Å². The van der Waals surface area contributed by atoms with E-state index in [4.69, 9.17) is 10.8 Å². The molecule has 0 radical (unpaired) electrons. The molecule has 1 saturated carbocycles. The topological polar surface area (TPSA) is 58.3 Å². The van der Waals surface area contributed by atoms with E-state index in [0.717, 1.165) is 25.9 Å². The van der Waals surface area contributed by atoms with Crippen LogP contribution < -0.4 is 11.1 Å². The minimum absolute atomic E-state index is 0.282. The second kappa shape index (κ2) is 6.58. The van der Waals surface area contributed by atoms with Crippen LogP contribution in [-0.2, 0) is 0 Å². The fraction of sp³-hybridized carbons (Fsp3) is 1.00. The molecule has 0 aromatic heterocycles. The number of nitrogens with two attached hydrogens (primary N) is 1. The second-order valence-corrected chi connectivity index (χ2v) is 5.91. The third-order valence-electron chi connectivity index (χ3n) is 3.82. The van der Waals surface area contributed by atoms with E-state index in [1.807, 2.05) is 0 Å². The van der Waals surface area contributed by atoms with Crippen LogP contribution in [0.15, 0.2) is 0 Å². The van der Waals surface area contributed by atoms with Gasteiger partial charge in [-0.2, -0.15) is 0 Å². The van der Waals surface area contributed by atoms with Crippen LogP contribution in [0.3, 0.4) is 0 Å². The Balaban J connectivity index is 2.27. The third-order valence-corrected chi connectivity index (χ3v) is 3.82. The molecule has 1 rings (SSSR count). The average molecular weight is 228 g/mol. The largest absolute Gasteiger partial charge is 0.396 e. The molecule has 0 spiro atoms. The first kappa shape index (κ1) is 13.9. The highest BCUT2D eigenvalue weighted by atomic mass is 16.2. The van der Waals surface area contributed by atoms with E-state index in [0.29, 0.717) is 18.6 Å². The van der Waals surface area contributed by atoms with Crippen LogP contribution in [0.25, 0.3) is 0 Å². The number of nitrogens with one attached hydrogen (secondary N) is 1. The zero-order valence-corrected chi connectivity index (χ0v) is 10.8. The van der Waals surface area contributed by atoms with Gasteiger partial charge in [0.15, 0.2) is 0 Å². The molecule has 0 saturated heterocycles. The first-order valence-corrected chi connectivity index (χ1v) is 6.63. The fourth-order valence-corrected chi connectivity index (χ4v) is 2.64. The Morgan fingerprint density at radius 2 is 2.12 bits per heavy atom. The van der Waals surface area contributed by atoms with Crippen molar-refractivity contribution in [3.05, 3.63) is 0 Å². The maximum atomic E-state index is 8.85. The summed E-state index contributed by atoms with van der Waals surface area (Å²) in [5.41, 5.74) is 6.05. The van der Waals surface area contributed by atoms with Crippen molar-refractivity contribution in [2.24, 2.45) is 17.1 Å². The Labute approximate surface area is 99.8 Å². The third kappa shape index (κ3) is 4.40. The summed E-state index contributed by atoms with van der Waals surface area (Å²) in [6, 6.07) is 0.624. The first-order chi connectivity index (χ1) is 7.59. The molecule has 1 fully saturated rings. The highest BCUT2D eigenvalue weighted by Crippen LogP contribution is 2.27. The van der Waals surface area contributed by atoms with Gasteiger partial charge in [0.25, 0.3) is 0 Å². The molecular formula is C13H28N2O. The lowest BCUT2D eigenvalue weighted by atomic mass is 9.87. The summed E-state index contributed by atoms with van der Waals surface area (Å²) >= 11 is 0. The molecule has 0 bridgehead atoms. The van der Waals surface area contributed by atoms with Gasteiger partial charge < -0.3 is 16.2 Å². The van der Waals surface area contributed by atoms with Crippen LogP contribution >= 0.6 is 0 Å². The number of hydrogen-bond acceptors (Lipinski definition) is 3. The van der Waals surface area contributed by atoms with Gasteiger partial charge in [-0.3, -0.25) is 0 Å². The van der Waals surface area contributed by atoms with Gasteiger partial charge in [0.05, 0.1) is 0 Å². The Hall–Kier alpha value is -0.120. The number of hydrogen-bond donors (Lipinski definition) is 3. The number of aliphatic hydroxyl groups excluding tert-OH is 1. The zero-order valence-electron chi connectivity index (χ0n) is 10.8. The molecule has 2 unspecified atom stereocenters. The van der Waals surface area contributed by atoms with Crippen molar-refractivity contribution < 1.29 is 5.11 Å². The van der Waals surface area contributed by atoms with E-state index in [-0.39, 0.29) is 5.41 Å². The molecule has 1 aliphatic carbocycles. The van der Waals surface area contributed by atoms with Gasteiger partial charge in [-0.05, 0) is 43.6 Å². The van der Waals surface area contributed by atoms with Crippen molar-refractivity contribution in [3.8, 4) is 0 Å². The summed E-state index contributed by atoms with van der Waals surface area (Å²) < 4.78 is 0. The van der Waals surface area contributed by atoms with Gasteiger partial charge in [0.2, 0.25) is 0 Å². The van der Waals surface area contributed by atoms with Crippen molar-refractivity contribution in [1.29, 1.82) is 0 Å². The van der Waals surface area contributed by atoms with Gasteiger partial charge in [-0.15, -0.1) is 0 Å². The van der Waals surface area contributed by atoms with Crippen molar-refractivity contribution in [3.63, 3.8) is 0 Å². The van der Waals surface area contributed by atoms with Gasteiger partial charge in [0, 0.05) is 19.2 Å². The maximum Gasteiger partial charge on any atom is 0.0431 e. The van der Waals surface area contributed by atoms with Crippen LogP contribution in [0, 0.1) is 11.3 Å². The van der Waals surface area contributed by atoms with Gasteiger partial charge in [-0.1, -0.05) is 20.3 Å². The average Bonchev–Trinajstić information content (AvgIpc) is 2.71. The van der Waals surface area contributed by atoms with E-state index < -0.39 is 0 Å². The molecule has 3 heteroatoms. The molecule has 4 N–H and O–H groups in total. The van der Waals surface area contributed by atoms with Crippen LogP contribution in [0.5, 0.6) is 0 Å². The summed E-state index contributed by atoms with van der Waals surface area (Å²) in [7, 11) is 0. The molecule has 0 aliphatic heterocycles. The SMILES string of the molecule is CC(C)(CCCO)CNC1CCCC1CN. The minimum Gasteiger partial charge on any atom is -0.396 e. The highest BCUT2D eigenvalue weighted by Gasteiger charge is 2.27. The quantitative estimate of drug-likeness (QED) is 0.619. The van der Waals surface area contributed by atoms with Crippen LogP contribution in [0.4, 0.5) is 0 Å². The van der Waals surface area contributed by atoms with Crippen LogP contribution in [0.2, 0.25) is 0 Å². The fourth-order valence-electron chi connectivity index (χ4n) is 2.64. The summed E-state index contributed by atoms with van der Waals surface area (Å²) in [6.45, 7) is 6.69. The molecule has 96 valence electrons. The summed E-state index contributed by atoms with van der Waals surface area (Å²) in [6.07, 6.45) is 5.86. The lowest BCUT2D eigenvalue weighted by Gasteiger charge is -2.29. The second-order valence-electron chi connectivity index (χ2n) is 5.91. The standard InChI is InChI=1S/C13H28N2O/c1-13(2,7-4-8-16)10-15-12-6-3-5-11(12)9-14/h11-12,15-16H,3-10,14H2,1-2H3. The predicted molar refractivity (Wildman–Crippen MR) is 68.3 cm³/mol. The molecule has 0 aromatic carbocycles. The number of rotatable bonds is 7. The molecular weight excluding hydrogens is 200 g/mol. The smallest absolute Gasteiger partial charge is 0.0431 e.